The van der Waals surface area contributed by atoms with Crippen LogP contribution in [-0.2, 0) is 0 Å². The molecule has 2 aromatic heterocycles. The van der Waals surface area contributed by atoms with Gasteiger partial charge in [0.15, 0.2) is 5.65 Å². The maximum Gasteiger partial charge on any atom is 0.263 e. The van der Waals surface area contributed by atoms with Crippen LogP contribution >= 0.6 is 0 Å². The molecule has 2 aliphatic rings. The molecule has 0 saturated heterocycles. The largest absolute Gasteiger partial charge is 0.273 e. The first-order valence-electron chi connectivity index (χ1n) is 8.21. The molecule has 3 aromatic rings. The lowest BCUT2D eigenvalue weighted by Crippen LogP contribution is -2.40. The average molecular weight is 361 g/mol. The number of amides is 4. The first-order chi connectivity index (χ1) is 13.1. The van der Waals surface area contributed by atoms with Gasteiger partial charge < -0.3 is 0 Å². The van der Waals surface area contributed by atoms with Crippen molar-refractivity contribution < 1.29 is 19.2 Å². The van der Waals surface area contributed by atoms with Gasteiger partial charge in [0.1, 0.15) is 0 Å². The summed E-state index contributed by atoms with van der Waals surface area (Å²) in [4.78, 5) is 56.4. The Morgan fingerprint density at radius 2 is 1.37 bits per heavy atom. The lowest BCUT2D eigenvalue weighted by molar-refractivity contribution is 0.0561. The van der Waals surface area contributed by atoms with E-state index in [1.165, 1.54) is 12.4 Å². The molecule has 0 bridgehead atoms. The van der Waals surface area contributed by atoms with E-state index in [-0.39, 0.29) is 24.2 Å². The molecule has 5 rings (SSSR count). The van der Waals surface area contributed by atoms with Crippen LogP contribution in [0.3, 0.4) is 0 Å². The standard InChI is InChI=1S/C18H11N5O4/c24-15-9-3-1-2-4-10(9)16(25)22(15)5-6-23-17(26)12-7-19-14-11(8-20-21-14)13(12)18(23)27/h1-4,7-8H,5-6H2,(H,19,20,21). The number of hydrogen-bond acceptors (Lipinski definition) is 6. The van der Waals surface area contributed by atoms with Crippen LogP contribution in [0.4, 0.5) is 0 Å². The Hall–Kier alpha value is -3.88. The van der Waals surface area contributed by atoms with Gasteiger partial charge >= 0.3 is 0 Å². The van der Waals surface area contributed by atoms with Gasteiger partial charge in [-0.3, -0.25) is 34.1 Å². The summed E-state index contributed by atoms with van der Waals surface area (Å²) in [5, 5.41) is 6.97. The third-order valence-electron chi connectivity index (χ3n) is 4.84. The average Bonchev–Trinajstić information content (AvgIpc) is 3.32. The number of hydrogen-bond donors (Lipinski definition) is 1. The van der Waals surface area contributed by atoms with Gasteiger partial charge in [-0.1, -0.05) is 12.1 Å². The van der Waals surface area contributed by atoms with Crippen molar-refractivity contribution in [2.75, 3.05) is 13.1 Å². The van der Waals surface area contributed by atoms with E-state index in [0.29, 0.717) is 22.2 Å². The normalized spacial score (nSPS) is 15.9. The lowest BCUT2D eigenvalue weighted by Gasteiger charge is -2.18. The van der Waals surface area contributed by atoms with Gasteiger partial charge in [0.2, 0.25) is 0 Å². The number of aromatic nitrogens is 3. The van der Waals surface area contributed by atoms with Crippen LogP contribution in [0.2, 0.25) is 0 Å². The fourth-order valence-electron chi connectivity index (χ4n) is 3.51. The first kappa shape index (κ1) is 15.4. The van der Waals surface area contributed by atoms with E-state index >= 15 is 0 Å². The van der Waals surface area contributed by atoms with Crippen LogP contribution < -0.4 is 0 Å². The molecule has 132 valence electrons. The molecule has 9 nitrogen and oxygen atoms in total. The molecule has 0 aliphatic carbocycles. The van der Waals surface area contributed by atoms with E-state index in [4.69, 9.17) is 0 Å². The van der Waals surface area contributed by atoms with E-state index in [2.05, 4.69) is 15.2 Å². The molecule has 0 fully saturated rings. The highest BCUT2D eigenvalue weighted by atomic mass is 16.2. The zero-order valence-corrected chi connectivity index (χ0v) is 13.8. The van der Waals surface area contributed by atoms with E-state index in [1.54, 1.807) is 24.3 Å². The van der Waals surface area contributed by atoms with Gasteiger partial charge in [-0.25, -0.2) is 4.98 Å². The smallest absolute Gasteiger partial charge is 0.263 e. The molecule has 0 spiro atoms. The number of pyridine rings is 1. The molecule has 0 radical (unpaired) electrons. The monoisotopic (exact) mass is 361 g/mol. The van der Waals surface area contributed by atoms with Gasteiger partial charge in [0.05, 0.1) is 33.8 Å². The summed E-state index contributed by atoms with van der Waals surface area (Å²) in [6, 6.07) is 6.53. The van der Waals surface area contributed by atoms with E-state index in [0.717, 1.165) is 9.80 Å². The molecule has 27 heavy (non-hydrogen) atoms. The number of carbonyl (C=O) groups is 4. The molecule has 1 aromatic carbocycles. The second-order valence-electron chi connectivity index (χ2n) is 6.25. The number of nitrogens with one attached hydrogen (secondary N) is 1. The van der Waals surface area contributed by atoms with Gasteiger partial charge in [-0.2, -0.15) is 5.10 Å². The zero-order valence-electron chi connectivity index (χ0n) is 13.8. The zero-order chi connectivity index (χ0) is 18.7. The summed E-state index contributed by atoms with van der Waals surface area (Å²) in [7, 11) is 0. The maximum atomic E-state index is 12.8. The number of fused-ring (bicyclic) bond motifs is 4. The quantitative estimate of drug-likeness (QED) is 0.691. The summed E-state index contributed by atoms with van der Waals surface area (Å²) in [6.07, 6.45) is 2.78. The van der Waals surface area contributed by atoms with Crippen molar-refractivity contribution in [3.05, 3.63) is 58.9 Å². The topological polar surface area (TPSA) is 116 Å². The molecule has 1 N–H and O–H groups in total. The van der Waals surface area contributed by atoms with Crippen LogP contribution in [0.25, 0.3) is 11.0 Å². The maximum absolute atomic E-state index is 12.8. The summed E-state index contributed by atoms with van der Waals surface area (Å²) in [5.74, 6) is -1.83. The Balaban J connectivity index is 1.41. The number of nitrogens with zero attached hydrogens (tertiary/aromatic N) is 4. The van der Waals surface area contributed by atoms with Crippen molar-refractivity contribution in [3.63, 3.8) is 0 Å². The number of carbonyl (C=O) groups excluding carboxylic acids is 4. The van der Waals surface area contributed by atoms with Crippen LogP contribution in [0.15, 0.2) is 36.7 Å². The molecular formula is C18H11N5O4. The van der Waals surface area contributed by atoms with Crippen molar-refractivity contribution in [2.45, 2.75) is 0 Å². The van der Waals surface area contributed by atoms with E-state index in [1.807, 2.05) is 0 Å². The van der Waals surface area contributed by atoms with Crippen molar-refractivity contribution >= 4 is 34.7 Å². The van der Waals surface area contributed by atoms with Crippen LogP contribution in [0, 0.1) is 0 Å². The number of imide groups is 2. The summed E-state index contributed by atoms with van der Waals surface area (Å²) < 4.78 is 0. The van der Waals surface area contributed by atoms with Gasteiger partial charge in [0, 0.05) is 19.3 Å². The Labute approximate surface area is 151 Å². The number of rotatable bonds is 3. The number of H-pyrrole nitrogens is 1. The SMILES string of the molecule is O=C1c2ccccc2C(=O)N1CCN1C(=O)c2cnc3[nH]ncc3c2C1=O. The predicted octanol–water partition coefficient (Wildman–Crippen LogP) is 0.850. The fourth-order valence-corrected chi connectivity index (χ4v) is 3.51. The minimum absolute atomic E-state index is 0.0697. The minimum atomic E-state index is -0.498. The lowest BCUT2D eigenvalue weighted by atomic mass is 10.1. The van der Waals surface area contributed by atoms with Crippen molar-refractivity contribution in [2.24, 2.45) is 0 Å². The van der Waals surface area contributed by atoms with Crippen molar-refractivity contribution in [1.82, 2.24) is 25.0 Å². The third kappa shape index (κ3) is 1.99. The highest BCUT2D eigenvalue weighted by Gasteiger charge is 2.40. The predicted molar refractivity (Wildman–Crippen MR) is 91.1 cm³/mol. The van der Waals surface area contributed by atoms with E-state index < -0.39 is 23.6 Å². The summed E-state index contributed by atoms with van der Waals surface area (Å²) in [6.45, 7) is -0.156. The second-order valence-corrected chi connectivity index (χ2v) is 6.25. The van der Waals surface area contributed by atoms with Crippen LogP contribution in [0.5, 0.6) is 0 Å². The van der Waals surface area contributed by atoms with Crippen molar-refractivity contribution in [3.8, 4) is 0 Å². The molecule has 0 saturated carbocycles. The molecule has 0 atom stereocenters. The number of benzene rings is 1. The Morgan fingerprint density at radius 3 is 2.04 bits per heavy atom. The van der Waals surface area contributed by atoms with Gasteiger partial charge in [-0.15, -0.1) is 0 Å². The molecule has 0 unspecified atom stereocenters. The second kappa shape index (κ2) is 5.31. The Morgan fingerprint density at radius 1 is 0.778 bits per heavy atom. The highest BCUT2D eigenvalue weighted by Crippen LogP contribution is 2.28. The first-order valence-corrected chi connectivity index (χ1v) is 8.21. The minimum Gasteiger partial charge on any atom is -0.273 e. The van der Waals surface area contributed by atoms with Crippen LogP contribution in [0.1, 0.15) is 41.4 Å². The number of aromatic amines is 1. The highest BCUT2D eigenvalue weighted by molar-refractivity contribution is 6.26. The summed E-state index contributed by atoms with van der Waals surface area (Å²) in [5.41, 5.74) is 1.50. The van der Waals surface area contributed by atoms with E-state index in [9.17, 15) is 19.2 Å². The Kier molecular flexibility index (Phi) is 3.02. The van der Waals surface area contributed by atoms with Gasteiger partial charge in [-0.05, 0) is 12.1 Å². The molecule has 2 aliphatic heterocycles. The molecule has 4 heterocycles. The summed E-state index contributed by atoms with van der Waals surface area (Å²) >= 11 is 0. The van der Waals surface area contributed by atoms with Crippen molar-refractivity contribution in [1.29, 1.82) is 0 Å². The van der Waals surface area contributed by atoms with Gasteiger partial charge in [0.25, 0.3) is 23.6 Å². The molecule has 9 heteroatoms. The molecule has 4 amide bonds. The molecular weight excluding hydrogens is 350 g/mol. The third-order valence-corrected chi connectivity index (χ3v) is 4.84. The fraction of sp³-hybridized carbons (Fsp3) is 0.111. The van der Waals surface area contributed by atoms with Crippen LogP contribution in [-0.4, -0.2) is 61.7 Å². The Bertz CT molecular complexity index is 1150.